The van der Waals surface area contributed by atoms with Crippen LogP contribution in [0.5, 0.6) is 0 Å². The molecule has 0 aromatic carbocycles. The van der Waals surface area contributed by atoms with Gasteiger partial charge in [0.15, 0.2) is 0 Å². The van der Waals surface area contributed by atoms with Crippen molar-refractivity contribution in [3.05, 3.63) is 17.5 Å². The molecule has 0 unspecified atom stereocenters. The van der Waals surface area contributed by atoms with Gasteiger partial charge in [-0.2, -0.15) is 0 Å². The number of likely N-dealkylation sites (tertiary alicyclic amines) is 1. The Labute approximate surface area is 181 Å². The lowest BCUT2D eigenvalue weighted by molar-refractivity contribution is 0.0628. The van der Waals surface area contributed by atoms with Crippen molar-refractivity contribution in [3.8, 4) is 0 Å². The van der Waals surface area contributed by atoms with E-state index in [-0.39, 0.29) is 12.1 Å². The Morgan fingerprint density at radius 2 is 2.03 bits per heavy atom. The van der Waals surface area contributed by atoms with E-state index in [1.54, 1.807) is 0 Å². The summed E-state index contributed by atoms with van der Waals surface area (Å²) in [4.78, 5) is 28.2. The first-order valence-electron chi connectivity index (χ1n) is 11.5. The number of nitrogens with two attached hydrogens (primary N) is 1. The summed E-state index contributed by atoms with van der Waals surface area (Å²) in [6.45, 7) is 12.2. The SMILES string of the molecule is CCCN1C[C@@H](NC(=O)N(C)CCN(CC)CC)C[C@@H]2Cc3nc(N)ncc3C[C@H]21. The number of fused-ring (bicyclic) bond motifs is 2. The van der Waals surface area contributed by atoms with Gasteiger partial charge in [0.2, 0.25) is 5.95 Å². The van der Waals surface area contributed by atoms with Gasteiger partial charge < -0.3 is 20.9 Å². The number of carbonyl (C=O) groups excluding carboxylic acids is 1. The van der Waals surface area contributed by atoms with Gasteiger partial charge in [-0.05, 0) is 56.8 Å². The molecule has 30 heavy (non-hydrogen) atoms. The third kappa shape index (κ3) is 5.40. The Bertz CT molecular complexity index is 709. The van der Waals surface area contributed by atoms with E-state index in [0.29, 0.717) is 17.9 Å². The predicted octanol–water partition coefficient (Wildman–Crippen LogP) is 1.61. The van der Waals surface area contributed by atoms with Gasteiger partial charge in [0.05, 0.1) is 0 Å². The summed E-state index contributed by atoms with van der Waals surface area (Å²) in [5.74, 6) is 0.839. The van der Waals surface area contributed by atoms with Crippen molar-refractivity contribution in [1.82, 2.24) is 30.0 Å². The smallest absolute Gasteiger partial charge is 0.317 e. The van der Waals surface area contributed by atoms with Crippen LogP contribution < -0.4 is 11.1 Å². The van der Waals surface area contributed by atoms with E-state index in [1.165, 1.54) is 5.56 Å². The number of aromatic nitrogens is 2. The molecular weight excluding hydrogens is 378 g/mol. The van der Waals surface area contributed by atoms with E-state index in [0.717, 1.165) is 70.6 Å². The number of hydrogen-bond donors (Lipinski definition) is 2. The second-order valence-electron chi connectivity index (χ2n) is 8.76. The zero-order chi connectivity index (χ0) is 21.7. The summed E-state index contributed by atoms with van der Waals surface area (Å²) in [5, 5.41) is 3.30. The standard InChI is InChI=1S/C22H39N7O/c1-5-8-29-15-18(25-22(30)27(4)9-10-28(6-2)7-3)11-16-12-19-17(13-20(16)29)14-24-21(23)26-19/h14,16,18,20H,5-13,15H2,1-4H3,(H,25,30)(H2,23,24,26)/t16-,18+,20-/m1/s1. The van der Waals surface area contributed by atoms with Gasteiger partial charge in [0.1, 0.15) is 0 Å². The number of rotatable bonds is 8. The Kier molecular flexibility index (Phi) is 7.88. The van der Waals surface area contributed by atoms with Crippen molar-refractivity contribution >= 4 is 12.0 Å². The van der Waals surface area contributed by atoms with Crippen molar-refractivity contribution in [2.45, 2.75) is 58.5 Å². The molecule has 1 aliphatic heterocycles. The second kappa shape index (κ2) is 10.4. The van der Waals surface area contributed by atoms with Gasteiger partial charge in [-0.3, -0.25) is 4.90 Å². The third-order valence-electron chi connectivity index (χ3n) is 6.74. The van der Waals surface area contributed by atoms with E-state index in [1.807, 2.05) is 18.1 Å². The van der Waals surface area contributed by atoms with E-state index >= 15 is 0 Å². The molecule has 2 aliphatic rings. The number of hydrogen-bond acceptors (Lipinski definition) is 6. The molecule has 2 amide bonds. The van der Waals surface area contributed by atoms with Gasteiger partial charge in [-0.1, -0.05) is 20.8 Å². The lowest BCUT2D eigenvalue weighted by Crippen LogP contribution is -2.59. The molecule has 8 nitrogen and oxygen atoms in total. The fourth-order valence-corrected chi connectivity index (χ4v) is 4.97. The number of nitrogens with zero attached hydrogens (tertiary/aromatic N) is 5. The number of urea groups is 1. The quantitative estimate of drug-likeness (QED) is 0.668. The minimum atomic E-state index is 0.0323. The number of anilines is 1. The van der Waals surface area contributed by atoms with Crippen molar-refractivity contribution in [1.29, 1.82) is 0 Å². The average molecular weight is 418 g/mol. The van der Waals surface area contributed by atoms with Crippen LogP contribution in [0.3, 0.4) is 0 Å². The zero-order valence-corrected chi connectivity index (χ0v) is 19.1. The number of nitrogen functional groups attached to an aromatic ring is 1. The highest BCUT2D eigenvalue weighted by atomic mass is 16.2. The largest absolute Gasteiger partial charge is 0.368 e. The van der Waals surface area contributed by atoms with Crippen LogP contribution in [0, 0.1) is 5.92 Å². The molecule has 1 fully saturated rings. The molecule has 2 heterocycles. The summed E-state index contributed by atoms with van der Waals surface area (Å²) in [6, 6.07) is 0.699. The number of piperidine rings is 1. The van der Waals surface area contributed by atoms with Gasteiger partial charge in [0, 0.05) is 50.7 Å². The van der Waals surface area contributed by atoms with E-state index in [9.17, 15) is 4.79 Å². The molecule has 0 bridgehead atoms. The Balaban J connectivity index is 1.63. The van der Waals surface area contributed by atoms with Gasteiger partial charge in [-0.15, -0.1) is 0 Å². The molecule has 1 aromatic heterocycles. The second-order valence-corrected chi connectivity index (χ2v) is 8.76. The molecule has 1 saturated heterocycles. The van der Waals surface area contributed by atoms with E-state index in [2.05, 4.69) is 45.9 Å². The van der Waals surface area contributed by atoms with Crippen molar-refractivity contribution in [2.75, 3.05) is 52.0 Å². The van der Waals surface area contributed by atoms with E-state index < -0.39 is 0 Å². The maximum Gasteiger partial charge on any atom is 0.317 e. The molecule has 3 N–H and O–H groups in total. The summed E-state index contributed by atoms with van der Waals surface area (Å²) in [6.07, 6.45) is 5.89. The zero-order valence-electron chi connectivity index (χ0n) is 19.1. The van der Waals surface area contributed by atoms with Crippen LogP contribution in [0.25, 0.3) is 0 Å². The van der Waals surface area contributed by atoms with Crippen LogP contribution in [-0.4, -0.2) is 89.1 Å². The molecule has 1 aliphatic carbocycles. The van der Waals surface area contributed by atoms with Crippen molar-refractivity contribution in [2.24, 2.45) is 5.92 Å². The van der Waals surface area contributed by atoms with Gasteiger partial charge >= 0.3 is 6.03 Å². The number of likely N-dealkylation sites (N-methyl/N-ethyl adjacent to an activating group) is 2. The van der Waals surface area contributed by atoms with E-state index in [4.69, 9.17) is 5.73 Å². The first-order valence-corrected chi connectivity index (χ1v) is 11.5. The minimum Gasteiger partial charge on any atom is -0.368 e. The maximum absolute atomic E-state index is 12.8. The first kappa shape index (κ1) is 22.7. The van der Waals surface area contributed by atoms with Crippen LogP contribution in [0.15, 0.2) is 6.20 Å². The number of carbonyl (C=O) groups is 1. The minimum absolute atomic E-state index is 0.0323. The monoisotopic (exact) mass is 417 g/mol. The molecule has 8 heteroatoms. The fourth-order valence-electron chi connectivity index (χ4n) is 4.97. The highest BCUT2D eigenvalue weighted by molar-refractivity contribution is 5.74. The van der Waals surface area contributed by atoms with Crippen LogP contribution >= 0.6 is 0 Å². The Morgan fingerprint density at radius 1 is 1.27 bits per heavy atom. The van der Waals surface area contributed by atoms with Crippen LogP contribution in [-0.2, 0) is 12.8 Å². The van der Waals surface area contributed by atoms with Crippen LogP contribution in [0.1, 0.15) is 44.9 Å². The summed E-state index contributed by atoms with van der Waals surface area (Å²) >= 11 is 0. The third-order valence-corrected chi connectivity index (χ3v) is 6.74. The van der Waals surface area contributed by atoms with Crippen molar-refractivity contribution in [3.63, 3.8) is 0 Å². The summed E-state index contributed by atoms with van der Waals surface area (Å²) < 4.78 is 0. The normalized spacial score (nSPS) is 23.7. The molecule has 3 rings (SSSR count). The van der Waals surface area contributed by atoms with Crippen LogP contribution in [0.4, 0.5) is 10.7 Å². The topological polar surface area (TPSA) is 90.6 Å². The highest BCUT2D eigenvalue weighted by Crippen LogP contribution is 2.34. The maximum atomic E-state index is 12.8. The molecule has 1 aromatic rings. The van der Waals surface area contributed by atoms with Gasteiger partial charge in [0.25, 0.3) is 0 Å². The Hall–Kier alpha value is -1.93. The molecule has 0 radical (unpaired) electrons. The molecular formula is C22H39N7O. The number of nitrogens with one attached hydrogen (secondary N) is 1. The molecule has 0 spiro atoms. The summed E-state index contributed by atoms with van der Waals surface area (Å²) in [5.41, 5.74) is 8.14. The predicted molar refractivity (Wildman–Crippen MR) is 120 cm³/mol. The highest BCUT2D eigenvalue weighted by Gasteiger charge is 2.40. The van der Waals surface area contributed by atoms with Gasteiger partial charge in [-0.25, -0.2) is 14.8 Å². The van der Waals surface area contributed by atoms with Crippen molar-refractivity contribution < 1.29 is 4.79 Å². The molecule has 0 saturated carbocycles. The lowest BCUT2D eigenvalue weighted by Gasteiger charge is -2.47. The fraction of sp³-hybridized carbons (Fsp3) is 0.773. The van der Waals surface area contributed by atoms with Crippen LogP contribution in [0.2, 0.25) is 0 Å². The Morgan fingerprint density at radius 3 is 2.73 bits per heavy atom. The lowest BCUT2D eigenvalue weighted by atomic mass is 9.76. The molecule has 3 atom stereocenters. The summed E-state index contributed by atoms with van der Waals surface area (Å²) in [7, 11) is 1.89. The molecule has 168 valence electrons. The number of amides is 2. The first-order chi connectivity index (χ1) is 14.4. The average Bonchev–Trinajstić information content (AvgIpc) is 2.73.